The Morgan fingerprint density at radius 3 is 2.58 bits per heavy atom. The molecule has 2 saturated heterocycles. The predicted octanol–water partition coefficient (Wildman–Crippen LogP) is 3.95. The number of hydrogen-bond donors (Lipinski definition) is 0. The van der Waals surface area contributed by atoms with E-state index in [1.165, 1.54) is 12.8 Å². The predicted molar refractivity (Wildman–Crippen MR) is 83.7 cm³/mol. The zero-order valence-corrected chi connectivity index (χ0v) is 13.4. The Labute approximate surface area is 127 Å². The standard InChI is InChI=1S/C15H18BrNOS/c1-19-14-8-12-5-6-13(9-14)17(12)15(18)10-3-2-4-11(16)7-10/h2-4,7,12-14H,5-6,8-9H2,1H3. The van der Waals surface area contributed by atoms with Gasteiger partial charge in [0.25, 0.3) is 5.91 Å². The lowest BCUT2D eigenvalue weighted by atomic mass is 10.0. The topological polar surface area (TPSA) is 20.3 Å². The fraction of sp³-hybridized carbons (Fsp3) is 0.533. The van der Waals surface area contributed by atoms with Crippen molar-refractivity contribution in [3.63, 3.8) is 0 Å². The van der Waals surface area contributed by atoms with Crippen LogP contribution in [0.4, 0.5) is 0 Å². The molecule has 2 aliphatic rings. The molecule has 1 aromatic carbocycles. The summed E-state index contributed by atoms with van der Waals surface area (Å²) in [6.45, 7) is 0. The molecule has 4 heteroatoms. The van der Waals surface area contributed by atoms with Gasteiger partial charge in [-0.3, -0.25) is 4.79 Å². The maximum absolute atomic E-state index is 12.7. The van der Waals surface area contributed by atoms with Crippen LogP contribution in [0.1, 0.15) is 36.0 Å². The van der Waals surface area contributed by atoms with Gasteiger partial charge in [-0.05, 0) is 50.1 Å². The number of benzene rings is 1. The molecule has 0 N–H and O–H groups in total. The van der Waals surface area contributed by atoms with E-state index in [1.807, 2.05) is 36.0 Å². The first kappa shape index (κ1) is 13.5. The summed E-state index contributed by atoms with van der Waals surface area (Å²) in [5, 5.41) is 0.740. The highest BCUT2D eigenvalue weighted by atomic mass is 79.9. The maximum Gasteiger partial charge on any atom is 0.254 e. The average molecular weight is 340 g/mol. The number of rotatable bonds is 2. The van der Waals surface area contributed by atoms with Gasteiger partial charge in [-0.1, -0.05) is 22.0 Å². The number of carbonyl (C=O) groups excluding carboxylic acids is 1. The highest BCUT2D eigenvalue weighted by Crippen LogP contribution is 2.40. The van der Waals surface area contributed by atoms with Crippen molar-refractivity contribution in [2.45, 2.75) is 43.0 Å². The number of halogens is 1. The SMILES string of the molecule is CSC1CC2CCC(C1)N2C(=O)c1cccc(Br)c1. The van der Waals surface area contributed by atoms with Gasteiger partial charge in [-0.15, -0.1) is 0 Å². The van der Waals surface area contributed by atoms with Gasteiger partial charge in [0.2, 0.25) is 0 Å². The van der Waals surface area contributed by atoms with E-state index in [9.17, 15) is 4.79 Å². The molecule has 3 rings (SSSR count). The lowest BCUT2D eigenvalue weighted by molar-refractivity contribution is 0.0601. The van der Waals surface area contributed by atoms with Gasteiger partial charge in [0, 0.05) is 27.4 Å². The van der Waals surface area contributed by atoms with Crippen LogP contribution in [0.25, 0.3) is 0 Å². The quantitative estimate of drug-likeness (QED) is 0.813. The molecule has 1 amide bonds. The monoisotopic (exact) mass is 339 g/mol. The molecular weight excluding hydrogens is 322 g/mol. The number of amides is 1. The summed E-state index contributed by atoms with van der Waals surface area (Å²) in [6.07, 6.45) is 6.88. The molecule has 1 aromatic rings. The van der Waals surface area contributed by atoms with Crippen molar-refractivity contribution in [1.29, 1.82) is 0 Å². The smallest absolute Gasteiger partial charge is 0.254 e. The summed E-state index contributed by atoms with van der Waals surface area (Å²) < 4.78 is 0.977. The zero-order chi connectivity index (χ0) is 13.4. The minimum absolute atomic E-state index is 0.216. The highest BCUT2D eigenvalue weighted by Gasteiger charge is 2.43. The number of thioether (sulfide) groups is 1. The first-order valence-corrected chi connectivity index (χ1v) is 8.88. The van der Waals surface area contributed by atoms with Crippen LogP contribution in [0, 0.1) is 0 Å². The Morgan fingerprint density at radius 2 is 2.00 bits per heavy atom. The van der Waals surface area contributed by atoms with E-state index < -0.39 is 0 Å². The van der Waals surface area contributed by atoms with Crippen LogP contribution in [0.5, 0.6) is 0 Å². The minimum atomic E-state index is 0.216. The molecule has 0 saturated carbocycles. The van der Waals surface area contributed by atoms with Crippen LogP contribution < -0.4 is 0 Å². The number of fused-ring (bicyclic) bond motifs is 2. The number of carbonyl (C=O) groups is 1. The molecule has 2 unspecified atom stereocenters. The average Bonchev–Trinajstić information content (AvgIpc) is 2.68. The van der Waals surface area contributed by atoms with Crippen LogP contribution in [0.15, 0.2) is 28.7 Å². The van der Waals surface area contributed by atoms with Crippen molar-refractivity contribution in [3.05, 3.63) is 34.3 Å². The van der Waals surface area contributed by atoms with Crippen LogP contribution in [-0.4, -0.2) is 34.4 Å². The molecule has 2 aliphatic heterocycles. The van der Waals surface area contributed by atoms with E-state index >= 15 is 0 Å². The number of nitrogens with zero attached hydrogens (tertiary/aromatic N) is 1. The molecule has 2 fully saturated rings. The van der Waals surface area contributed by atoms with Gasteiger partial charge in [0.15, 0.2) is 0 Å². The van der Waals surface area contributed by atoms with E-state index in [0.717, 1.165) is 28.1 Å². The molecule has 0 spiro atoms. The summed E-state index contributed by atoms with van der Waals surface area (Å²) in [6, 6.07) is 8.68. The third-order valence-corrected chi connectivity index (χ3v) is 5.87. The van der Waals surface area contributed by atoms with Gasteiger partial charge < -0.3 is 4.90 Å². The lowest BCUT2D eigenvalue weighted by Crippen LogP contribution is -2.47. The van der Waals surface area contributed by atoms with Crippen molar-refractivity contribution in [1.82, 2.24) is 4.90 Å². The largest absolute Gasteiger partial charge is 0.333 e. The van der Waals surface area contributed by atoms with Gasteiger partial charge in [-0.2, -0.15) is 11.8 Å². The van der Waals surface area contributed by atoms with Crippen LogP contribution >= 0.6 is 27.7 Å². The summed E-state index contributed by atoms with van der Waals surface area (Å²) in [5.41, 5.74) is 0.814. The lowest BCUT2D eigenvalue weighted by Gasteiger charge is -2.38. The second-order valence-corrected chi connectivity index (χ2v) is 7.49. The van der Waals surface area contributed by atoms with E-state index in [-0.39, 0.29) is 5.91 Å². The molecule has 0 aromatic heterocycles. The van der Waals surface area contributed by atoms with Gasteiger partial charge in [0.05, 0.1) is 0 Å². The Kier molecular flexibility index (Phi) is 3.90. The van der Waals surface area contributed by atoms with Crippen molar-refractivity contribution in [2.75, 3.05) is 6.26 Å². The highest BCUT2D eigenvalue weighted by molar-refractivity contribution is 9.10. The van der Waals surface area contributed by atoms with Crippen LogP contribution in [-0.2, 0) is 0 Å². The zero-order valence-electron chi connectivity index (χ0n) is 11.0. The summed E-state index contributed by atoms with van der Waals surface area (Å²) in [5.74, 6) is 0.216. The van der Waals surface area contributed by atoms with Crippen molar-refractivity contribution in [3.8, 4) is 0 Å². The van der Waals surface area contributed by atoms with Crippen molar-refractivity contribution in [2.24, 2.45) is 0 Å². The molecule has 19 heavy (non-hydrogen) atoms. The maximum atomic E-state index is 12.7. The molecular formula is C15H18BrNOS. The molecule has 0 radical (unpaired) electrons. The molecule has 2 heterocycles. The van der Waals surface area contributed by atoms with Crippen molar-refractivity contribution < 1.29 is 4.79 Å². The van der Waals surface area contributed by atoms with Crippen LogP contribution in [0.2, 0.25) is 0 Å². The second kappa shape index (κ2) is 5.49. The second-order valence-electron chi connectivity index (χ2n) is 5.44. The molecule has 2 nitrogen and oxygen atoms in total. The molecule has 102 valence electrons. The van der Waals surface area contributed by atoms with Gasteiger partial charge >= 0.3 is 0 Å². The number of hydrogen-bond acceptors (Lipinski definition) is 2. The van der Waals surface area contributed by atoms with Crippen molar-refractivity contribution >= 4 is 33.6 Å². The Bertz CT molecular complexity index is 479. The first-order valence-electron chi connectivity index (χ1n) is 6.80. The van der Waals surface area contributed by atoms with E-state index in [2.05, 4.69) is 27.1 Å². The summed E-state index contributed by atoms with van der Waals surface area (Å²) in [4.78, 5) is 14.9. The number of piperidine rings is 1. The molecule has 2 atom stereocenters. The fourth-order valence-corrected chi connectivity index (χ4v) is 4.65. The van der Waals surface area contributed by atoms with Crippen LogP contribution in [0.3, 0.4) is 0 Å². The van der Waals surface area contributed by atoms with E-state index in [0.29, 0.717) is 12.1 Å². The summed E-state index contributed by atoms with van der Waals surface area (Å²) in [7, 11) is 0. The first-order chi connectivity index (χ1) is 9.19. The fourth-order valence-electron chi connectivity index (χ4n) is 3.42. The third-order valence-electron chi connectivity index (χ3n) is 4.33. The van der Waals surface area contributed by atoms with Gasteiger partial charge in [-0.25, -0.2) is 0 Å². The van der Waals surface area contributed by atoms with E-state index in [4.69, 9.17) is 0 Å². The molecule has 2 bridgehead atoms. The third kappa shape index (κ3) is 2.57. The van der Waals surface area contributed by atoms with Gasteiger partial charge in [0.1, 0.15) is 0 Å². The normalized spacial score (nSPS) is 29.6. The summed E-state index contributed by atoms with van der Waals surface area (Å²) >= 11 is 5.41. The molecule has 0 aliphatic carbocycles. The Hall–Kier alpha value is -0.480. The Morgan fingerprint density at radius 1 is 1.32 bits per heavy atom. The minimum Gasteiger partial charge on any atom is -0.333 e. The Balaban J connectivity index is 1.82. The van der Waals surface area contributed by atoms with E-state index in [1.54, 1.807) is 0 Å².